The third-order valence-electron chi connectivity index (χ3n) is 2.26. The van der Waals surface area contributed by atoms with E-state index in [0.29, 0.717) is 12.8 Å². The van der Waals surface area contributed by atoms with Gasteiger partial charge in [0, 0.05) is 0 Å². The lowest BCUT2D eigenvalue weighted by Crippen LogP contribution is -2.63. The fraction of sp³-hybridized carbons (Fsp3) is 0.714. The second-order valence-electron chi connectivity index (χ2n) is 2.95. The van der Waals surface area contributed by atoms with E-state index in [9.17, 15) is 14.7 Å². The van der Waals surface area contributed by atoms with E-state index < -0.39 is 12.0 Å². The molecule has 2 heterocycles. The Morgan fingerprint density at radius 2 is 2.42 bits per heavy atom. The Bertz CT molecular complexity index is 235. The summed E-state index contributed by atoms with van der Waals surface area (Å²) in [5, 5.41) is 10.7. The maximum Gasteiger partial charge on any atom is 0.226 e. The second kappa shape index (κ2) is 2.65. The molecule has 0 spiro atoms. The van der Waals surface area contributed by atoms with Gasteiger partial charge in [-0.3, -0.25) is 4.79 Å². The van der Waals surface area contributed by atoms with Crippen LogP contribution in [0.5, 0.6) is 0 Å². The molecule has 1 amide bonds. The van der Waals surface area contributed by atoms with Crippen molar-refractivity contribution in [3.8, 4) is 0 Å². The Kier molecular flexibility index (Phi) is 1.75. The Hall–Kier alpha value is -0.710. The number of amides is 1. The van der Waals surface area contributed by atoms with E-state index in [1.54, 1.807) is 11.8 Å². The number of β-lactam (4-membered cyclic amide) rings is 1. The molecule has 2 atom stereocenters. The molecule has 2 aliphatic rings. The number of carboxylic acid groups (broad SMARTS) is 1. The molecular weight excluding hydrogens is 178 g/mol. The van der Waals surface area contributed by atoms with Gasteiger partial charge in [0.2, 0.25) is 5.91 Å². The average Bonchev–Trinajstić information content (AvgIpc) is 2.01. The van der Waals surface area contributed by atoms with Crippen LogP contribution in [0.15, 0.2) is 0 Å². The third kappa shape index (κ3) is 0.998. The average molecular weight is 186 g/mol. The number of nitrogens with zero attached hydrogens (tertiary/aromatic N) is 1. The molecule has 2 saturated heterocycles. The molecule has 0 N–H and O–H groups in total. The third-order valence-corrected chi connectivity index (χ3v) is 3.51. The molecule has 0 saturated carbocycles. The summed E-state index contributed by atoms with van der Waals surface area (Å²) in [5.41, 5.74) is 0. The van der Waals surface area contributed by atoms with Gasteiger partial charge in [-0.15, -0.1) is 11.8 Å². The van der Waals surface area contributed by atoms with Crippen molar-refractivity contribution in [1.82, 2.24) is 4.90 Å². The fourth-order valence-corrected chi connectivity index (χ4v) is 2.92. The molecule has 0 bridgehead atoms. The lowest BCUT2D eigenvalue weighted by Gasteiger charge is -2.48. The summed E-state index contributed by atoms with van der Waals surface area (Å²) in [5.74, 6) is -0.359. The maximum absolute atomic E-state index is 11.0. The molecule has 2 aliphatic heterocycles. The predicted octanol–water partition coefficient (Wildman–Crippen LogP) is -1.20. The second-order valence-corrected chi connectivity index (χ2v) is 4.24. The van der Waals surface area contributed by atoms with E-state index in [0.717, 1.165) is 5.75 Å². The zero-order valence-electron chi connectivity index (χ0n) is 6.36. The molecule has 0 aromatic rings. The molecule has 0 aromatic carbocycles. The summed E-state index contributed by atoms with van der Waals surface area (Å²) < 4.78 is 0. The molecule has 12 heavy (non-hydrogen) atoms. The van der Waals surface area contributed by atoms with Gasteiger partial charge in [-0.05, 0) is 12.2 Å². The number of carbonyl (C=O) groups excluding carboxylic acids is 2. The van der Waals surface area contributed by atoms with Crippen LogP contribution in [-0.2, 0) is 9.59 Å². The van der Waals surface area contributed by atoms with Crippen molar-refractivity contribution < 1.29 is 14.7 Å². The van der Waals surface area contributed by atoms with E-state index in [1.165, 1.54) is 4.90 Å². The highest BCUT2D eigenvalue weighted by atomic mass is 32.2. The van der Waals surface area contributed by atoms with Crippen molar-refractivity contribution >= 4 is 23.6 Å². The van der Waals surface area contributed by atoms with Crippen LogP contribution in [0.25, 0.3) is 0 Å². The molecule has 2 unspecified atom stereocenters. The standard InChI is InChI=1S/C7H9NO3S/c9-5-3-6-8(5)4(7(10)11)1-2-12-6/h4,6H,1-3H2,(H,10,11)/p-1. The van der Waals surface area contributed by atoms with Gasteiger partial charge in [0.15, 0.2) is 0 Å². The summed E-state index contributed by atoms with van der Waals surface area (Å²) in [6.45, 7) is 0. The first kappa shape index (κ1) is 7.91. The van der Waals surface area contributed by atoms with Gasteiger partial charge in [0.1, 0.15) is 0 Å². The number of aliphatic carboxylic acids is 1. The molecule has 5 heteroatoms. The fourth-order valence-electron chi connectivity index (χ4n) is 1.60. The first-order valence-electron chi connectivity index (χ1n) is 3.84. The van der Waals surface area contributed by atoms with Crippen molar-refractivity contribution in [1.29, 1.82) is 0 Å². The van der Waals surface area contributed by atoms with E-state index >= 15 is 0 Å². The maximum atomic E-state index is 11.0. The van der Waals surface area contributed by atoms with Crippen LogP contribution in [0.1, 0.15) is 12.8 Å². The van der Waals surface area contributed by atoms with Crippen molar-refractivity contribution in [2.75, 3.05) is 5.75 Å². The minimum atomic E-state index is -1.12. The lowest BCUT2D eigenvalue weighted by molar-refractivity contribution is -0.312. The first-order valence-corrected chi connectivity index (χ1v) is 4.88. The summed E-state index contributed by atoms with van der Waals surface area (Å²) in [4.78, 5) is 23.0. The summed E-state index contributed by atoms with van der Waals surface area (Å²) in [7, 11) is 0. The van der Waals surface area contributed by atoms with Gasteiger partial charge in [0.05, 0.1) is 23.8 Å². The normalized spacial score (nSPS) is 34.0. The Morgan fingerprint density at radius 1 is 1.67 bits per heavy atom. The van der Waals surface area contributed by atoms with Gasteiger partial charge in [-0.2, -0.15) is 0 Å². The Balaban J connectivity index is 2.12. The number of carboxylic acids is 1. The van der Waals surface area contributed by atoms with Gasteiger partial charge in [-0.25, -0.2) is 0 Å². The minimum absolute atomic E-state index is 0.0543. The van der Waals surface area contributed by atoms with E-state index in [-0.39, 0.29) is 11.3 Å². The van der Waals surface area contributed by atoms with Crippen LogP contribution < -0.4 is 5.11 Å². The van der Waals surface area contributed by atoms with Crippen LogP contribution in [-0.4, -0.2) is 33.9 Å². The number of fused-ring (bicyclic) bond motifs is 1. The van der Waals surface area contributed by atoms with Crippen LogP contribution in [0.4, 0.5) is 0 Å². The lowest BCUT2D eigenvalue weighted by atomic mass is 10.1. The zero-order chi connectivity index (χ0) is 8.72. The largest absolute Gasteiger partial charge is 0.548 e. The molecule has 0 radical (unpaired) electrons. The zero-order valence-corrected chi connectivity index (χ0v) is 7.17. The van der Waals surface area contributed by atoms with E-state index in [4.69, 9.17) is 0 Å². The molecule has 0 aromatic heterocycles. The van der Waals surface area contributed by atoms with Crippen LogP contribution in [0.2, 0.25) is 0 Å². The number of hydrogen-bond donors (Lipinski definition) is 0. The highest BCUT2D eigenvalue weighted by Crippen LogP contribution is 2.37. The summed E-state index contributed by atoms with van der Waals surface area (Å²) >= 11 is 1.65. The van der Waals surface area contributed by atoms with Gasteiger partial charge in [0.25, 0.3) is 0 Å². The van der Waals surface area contributed by atoms with Gasteiger partial charge >= 0.3 is 0 Å². The van der Waals surface area contributed by atoms with Crippen molar-refractivity contribution in [3.05, 3.63) is 0 Å². The number of carbonyl (C=O) groups is 2. The monoisotopic (exact) mass is 186 g/mol. The van der Waals surface area contributed by atoms with Gasteiger partial charge in [-0.1, -0.05) is 0 Å². The molecule has 66 valence electrons. The molecule has 2 rings (SSSR count). The van der Waals surface area contributed by atoms with E-state index in [2.05, 4.69) is 0 Å². The Morgan fingerprint density at radius 3 is 2.92 bits per heavy atom. The first-order chi connectivity index (χ1) is 5.70. The molecule has 0 aliphatic carbocycles. The van der Waals surface area contributed by atoms with Crippen LogP contribution >= 0.6 is 11.8 Å². The summed E-state index contributed by atoms with van der Waals surface area (Å²) in [6.07, 6.45) is 1.02. The highest BCUT2D eigenvalue weighted by molar-refractivity contribution is 8.00. The van der Waals surface area contributed by atoms with Crippen molar-refractivity contribution in [2.24, 2.45) is 0 Å². The summed E-state index contributed by atoms with van der Waals surface area (Å²) in [6, 6.07) is -0.669. The van der Waals surface area contributed by atoms with Crippen LogP contribution in [0.3, 0.4) is 0 Å². The number of hydrogen-bond acceptors (Lipinski definition) is 4. The topological polar surface area (TPSA) is 60.4 Å². The highest BCUT2D eigenvalue weighted by Gasteiger charge is 2.43. The predicted molar refractivity (Wildman–Crippen MR) is 41.1 cm³/mol. The Labute approximate surface area is 73.9 Å². The van der Waals surface area contributed by atoms with Crippen LogP contribution in [0, 0.1) is 0 Å². The molecule has 2 fully saturated rings. The van der Waals surface area contributed by atoms with Gasteiger partial charge < -0.3 is 14.8 Å². The SMILES string of the molecule is O=C([O-])C1CCSC2CC(=O)N21. The molecular formula is C7H8NO3S-. The quantitative estimate of drug-likeness (QED) is 0.483. The number of thioether (sulfide) groups is 1. The van der Waals surface area contributed by atoms with Crippen molar-refractivity contribution in [2.45, 2.75) is 24.3 Å². The smallest absolute Gasteiger partial charge is 0.226 e. The molecule has 4 nitrogen and oxygen atoms in total. The van der Waals surface area contributed by atoms with E-state index in [1.807, 2.05) is 0 Å². The minimum Gasteiger partial charge on any atom is -0.548 e. The number of rotatable bonds is 1. The van der Waals surface area contributed by atoms with Crippen molar-refractivity contribution in [3.63, 3.8) is 0 Å².